The molecule has 1 unspecified atom stereocenters. The van der Waals surface area contributed by atoms with Crippen molar-refractivity contribution in [3.05, 3.63) is 35.9 Å². The van der Waals surface area contributed by atoms with Crippen LogP contribution in [-0.2, 0) is 16.0 Å². The molecule has 3 fully saturated rings. The van der Waals surface area contributed by atoms with Gasteiger partial charge in [0.1, 0.15) is 0 Å². The van der Waals surface area contributed by atoms with E-state index < -0.39 is 0 Å². The van der Waals surface area contributed by atoms with Crippen molar-refractivity contribution in [1.82, 2.24) is 9.80 Å². The summed E-state index contributed by atoms with van der Waals surface area (Å²) in [6.07, 6.45) is 6.49. The predicted molar refractivity (Wildman–Crippen MR) is 103 cm³/mol. The Morgan fingerprint density at radius 3 is 2.69 bits per heavy atom. The van der Waals surface area contributed by atoms with E-state index in [4.69, 9.17) is 4.74 Å². The summed E-state index contributed by atoms with van der Waals surface area (Å²) >= 11 is 0. The van der Waals surface area contributed by atoms with Crippen LogP contribution in [0.2, 0.25) is 0 Å². The molecule has 0 radical (unpaired) electrons. The minimum Gasteiger partial charge on any atom is -0.381 e. The fourth-order valence-corrected chi connectivity index (χ4v) is 4.94. The van der Waals surface area contributed by atoms with Crippen molar-refractivity contribution in [2.75, 3.05) is 45.9 Å². The molecule has 26 heavy (non-hydrogen) atoms. The summed E-state index contributed by atoms with van der Waals surface area (Å²) in [6.45, 7) is 7.28. The maximum Gasteiger partial charge on any atom is 0.223 e. The minimum absolute atomic E-state index is 0.256. The van der Waals surface area contributed by atoms with Crippen molar-refractivity contribution in [3.63, 3.8) is 0 Å². The number of carbonyl (C=O) groups excluding carboxylic acids is 1. The predicted octanol–water partition coefficient (Wildman–Crippen LogP) is 2.97. The second kappa shape index (κ2) is 8.10. The summed E-state index contributed by atoms with van der Waals surface area (Å²) in [6, 6.07) is 10.6. The molecule has 3 saturated heterocycles. The molecule has 4 heteroatoms. The van der Waals surface area contributed by atoms with Crippen LogP contribution < -0.4 is 0 Å². The summed E-state index contributed by atoms with van der Waals surface area (Å²) in [4.78, 5) is 17.3. The molecule has 3 heterocycles. The fourth-order valence-electron chi connectivity index (χ4n) is 4.94. The third-order valence-electron chi connectivity index (χ3n) is 6.60. The number of hydrogen-bond acceptors (Lipinski definition) is 3. The quantitative estimate of drug-likeness (QED) is 0.786. The second-order valence-electron chi connectivity index (χ2n) is 8.61. The van der Waals surface area contributed by atoms with Crippen molar-refractivity contribution >= 4 is 5.91 Å². The molecule has 4 rings (SSSR count). The summed E-state index contributed by atoms with van der Waals surface area (Å²) < 4.78 is 5.51. The van der Waals surface area contributed by atoms with E-state index in [1.165, 1.54) is 31.4 Å². The van der Waals surface area contributed by atoms with E-state index in [2.05, 4.69) is 40.1 Å². The first-order valence-electron chi connectivity index (χ1n) is 10.3. The van der Waals surface area contributed by atoms with Crippen molar-refractivity contribution in [2.24, 2.45) is 11.3 Å². The first-order valence-corrected chi connectivity index (χ1v) is 10.3. The number of aryl methyl sites for hydroxylation is 1. The number of carbonyl (C=O) groups is 1. The molecule has 3 aliphatic rings. The van der Waals surface area contributed by atoms with Gasteiger partial charge in [-0.05, 0) is 62.1 Å². The highest BCUT2D eigenvalue weighted by molar-refractivity contribution is 5.79. The topological polar surface area (TPSA) is 32.8 Å². The SMILES string of the molecule is O=C1CC2(CCN(CC3CCOC3)CC2)CN1CCCc1ccccc1. The van der Waals surface area contributed by atoms with Crippen LogP contribution in [-0.4, -0.2) is 61.6 Å². The lowest BCUT2D eigenvalue weighted by Crippen LogP contribution is -2.43. The lowest BCUT2D eigenvalue weighted by molar-refractivity contribution is -0.127. The van der Waals surface area contributed by atoms with Gasteiger partial charge >= 0.3 is 0 Å². The van der Waals surface area contributed by atoms with Crippen LogP contribution in [0.15, 0.2) is 30.3 Å². The zero-order valence-electron chi connectivity index (χ0n) is 15.9. The zero-order chi connectivity index (χ0) is 17.8. The third-order valence-corrected chi connectivity index (χ3v) is 6.60. The molecule has 0 saturated carbocycles. The molecule has 1 aromatic rings. The van der Waals surface area contributed by atoms with Crippen LogP contribution in [0.5, 0.6) is 0 Å². The molecule has 1 amide bonds. The lowest BCUT2D eigenvalue weighted by atomic mass is 9.77. The maximum atomic E-state index is 12.5. The van der Waals surface area contributed by atoms with Crippen LogP contribution in [0, 0.1) is 11.3 Å². The van der Waals surface area contributed by atoms with Gasteiger partial charge in [-0.15, -0.1) is 0 Å². The van der Waals surface area contributed by atoms with E-state index in [1.54, 1.807) is 0 Å². The average molecular weight is 357 g/mol. The van der Waals surface area contributed by atoms with Gasteiger partial charge < -0.3 is 14.5 Å². The molecule has 1 aromatic carbocycles. The Morgan fingerprint density at radius 1 is 1.15 bits per heavy atom. The third kappa shape index (κ3) is 4.29. The smallest absolute Gasteiger partial charge is 0.223 e. The van der Waals surface area contributed by atoms with Gasteiger partial charge in [0.25, 0.3) is 0 Å². The van der Waals surface area contributed by atoms with Gasteiger partial charge in [-0.1, -0.05) is 30.3 Å². The van der Waals surface area contributed by atoms with E-state index in [0.717, 1.165) is 64.6 Å². The number of rotatable bonds is 6. The van der Waals surface area contributed by atoms with Gasteiger partial charge in [0.05, 0.1) is 6.61 Å². The number of nitrogens with zero attached hydrogens (tertiary/aromatic N) is 2. The van der Waals surface area contributed by atoms with Gasteiger partial charge in [0.15, 0.2) is 0 Å². The molecule has 0 N–H and O–H groups in total. The second-order valence-corrected chi connectivity index (χ2v) is 8.61. The average Bonchev–Trinajstić information content (AvgIpc) is 3.27. The number of piperidine rings is 1. The Labute approximate surface area is 157 Å². The Hall–Kier alpha value is -1.39. The normalized spacial score (nSPS) is 26.1. The number of benzene rings is 1. The highest BCUT2D eigenvalue weighted by Gasteiger charge is 2.44. The standard InChI is InChI=1S/C22H32N2O2/c25-21-15-22(9-12-23(13-10-22)16-20-8-14-26-17-20)18-24(21)11-4-7-19-5-2-1-3-6-19/h1-3,5-6,20H,4,7-18H2. The molecule has 0 aromatic heterocycles. The van der Waals surface area contributed by atoms with Crippen LogP contribution in [0.4, 0.5) is 0 Å². The summed E-state index contributed by atoms with van der Waals surface area (Å²) in [5.41, 5.74) is 1.63. The van der Waals surface area contributed by atoms with Gasteiger partial charge in [0.2, 0.25) is 5.91 Å². The molecule has 3 aliphatic heterocycles. The summed E-state index contributed by atoms with van der Waals surface area (Å²) in [5.74, 6) is 1.11. The molecule has 1 spiro atoms. The molecular weight excluding hydrogens is 324 g/mol. The van der Waals surface area contributed by atoms with Gasteiger partial charge in [-0.2, -0.15) is 0 Å². The summed E-state index contributed by atoms with van der Waals surface area (Å²) in [5, 5.41) is 0. The van der Waals surface area contributed by atoms with Crippen molar-refractivity contribution < 1.29 is 9.53 Å². The molecule has 0 aliphatic carbocycles. The first kappa shape index (κ1) is 18.0. The van der Waals surface area contributed by atoms with E-state index in [0.29, 0.717) is 5.91 Å². The molecular formula is C22H32N2O2. The van der Waals surface area contributed by atoms with Gasteiger partial charge in [-0.25, -0.2) is 0 Å². The molecule has 4 nitrogen and oxygen atoms in total. The van der Waals surface area contributed by atoms with E-state index in [1.807, 2.05) is 0 Å². The number of ether oxygens (including phenoxy) is 1. The van der Waals surface area contributed by atoms with Crippen molar-refractivity contribution in [3.8, 4) is 0 Å². The summed E-state index contributed by atoms with van der Waals surface area (Å²) in [7, 11) is 0. The minimum atomic E-state index is 0.256. The van der Waals surface area contributed by atoms with Gasteiger partial charge in [-0.3, -0.25) is 4.79 Å². The number of likely N-dealkylation sites (tertiary alicyclic amines) is 2. The van der Waals surface area contributed by atoms with Crippen LogP contribution in [0.3, 0.4) is 0 Å². The highest BCUT2D eigenvalue weighted by atomic mass is 16.5. The van der Waals surface area contributed by atoms with Crippen LogP contribution in [0.25, 0.3) is 0 Å². The highest BCUT2D eigenvalue weighted by Crippen LogP contribution is 2.41. The Bertz CT molecular complexity index is 589. The Kier molecular flexibility index (Phi) is 5.60. The fraction of sp³-hybridized carbons (Fsp3) is 0.682. The molecule has 0 bridgehead atoms. The number of hydrogen-bond donors (Lipinski definition) is 0. The van der Waals surface area contributed by atoms with Crippen molar-refractivity contribution in [1.29, 1.82) is 0 Å². The Morgan fingerprint density at radius 2 is 1.96 bits per heavy atom. The van der Waals surface area contributed by atoms with Crippen LogP contribution >= 0.6 is 0 Å². The first-order chi connectivity index (χ1) is 12.7. The monoisotopic (exact) mass is 356 g/mol. The van der Waals surface area contributed by atoms with E-state index >= 15 is 0 Å². The van der Waals surface area contributed by atoms with Crippen LogP contribution in [0.1, 0.15) is 37.7 Å². The maximum absolute atomic E-state index is 12.5. The Balaban J connectivity index is 1.22. The molecule has 142 valence electrons. The lowest BCUT2D eigenvalue weighted by Gasteiger charge is -2.39. The van der Waals surface area contributed by atoms with Crippen molar-refractivity contribution in [2.45, 2.75) is 38.5 Å². The van der Waals surface area contributed by atoms with E-state index in [9.17, 15) is 4.79 Å². The molecule has 1 atom stereocenters. The zero-order valence-corrected chi connectivity index (χ0v) is 15.9. The largest absolute Gasteiger partial charge is 0.381 e. The number of amides is 1. The van der Waals surface area contributed by atoms with E-state index in [-0.39, 0.29) is 5.41 Å². The van der Waals surface area contributed by atoms with Gasteiger partial charge in [0, 0.05) is 32.7 Å².